The first-order chi connectivity index (χ1) is 9.22. The van der Waals surface area contributed by atoms with Crippen LogP contribution in [0.4, 0.5) is 22.7 Å². The van der Waals surface area contributed by atoms with Gasteiger partial charge in [-0.25, -0.2) is 0 Å². The third-order valence-electron chi connectivity index (χ3n) is 2.23. The zero-order valence-corrected chi connectivity index (χ0v) is 13.2. The summed E-state index contributed by atoms with van der Waals surface area (Å²) in [5.41, 5.74) is 23.5. The highest BCUT2D eigenvalue weighted by atomic mass is 35.5. The predicted molar refractivity (Wildman–Crippen MR) is 90.6 cm³/mol. The molecule has 0 heterocycles. The Morgan fingerprint density at radius 2 is 0.600 bits per heavy atom. The molecule has 2 aromatic carbocycles. The van der Waals surface area contributed by atoms with Gasteiger partial charge in [0.2, 0.25) is 0 Å². The highest BCUT2D eigenvalue weighted by molar-refractivity contribution is 6.37. The number of anilines is 4. The molecule has 20 heavy (non-hydrogen) atoms. The molecule has 0 saturated carbocycles. The number of hydrogen-bond acceptors (Lipinski definition) is 4. The van der Waals surface area contributed by atoms with Crippen LogP contribution in [0.15, 0.2) is 24.3 Å². The summed E-state index contributed by atoms with van der Waals surface area (Å²) in [4.78, 5) is 0. The summed E-state index contributed by atoms with van der Waals surface area (Å²) < 4.78 is 0. The minimum absolute atomic E-state index is 0.432. The Morgan fingerprint density at radius 1 is 0.450 bits per heavy atom. The second kappa shape index (κ2) is 6.99. The summed E-state index contributed by atoms with van der Waals surface area (Å²) in [6.07, 6.45) is 0. The topological polar surface area (TPSA) is 104 Å². The molecular weight excluding hydrogens is 342 g/mol. The summed E-state index contributed by atoms with van der Waals surface area (Å²) in [7, 11) is 0. The monoisotopic (exact) mass is 352 g/mol. The van der Waals surface area contributed by atoms with E-state index < -0.39 is 0 Å². The van der Waals surface area contributed by atoms with Crippen molar-refractivity contribution in [2.75, 3.05) is 22.9 Å². The van der Waals surface area contributed by atoms with Crippen LogP contribution >= 0.6 is 46.4 Å². The fourth-order valence-electron chi connectivity index (χ4n) is 1.16. The Hall–Kier alpha value is -1.20. The first-order valence-corrected chi connectivity index (χ1v) is 6.73. The summed E-state index contributed by atoms with van der Waals surface area (Å²) in [6.45, 7) is 0. The molecule has 0 saturated heterocycles. The first-order valence-electron chi connectivity index (χ1n) is 5.22. The Morgan fingerprint density at radius 3 is 0.750 bits per heavy atom. The molecule has 0 spiro atoms. The maximum absolute atomic E-state index is 5.62. The maximum Gasteiger partial charge on any atom is 0.0656 e. The molecule has 0 amide bonds. The average molecular weight is 354 g/mol. The highest BCUT2D eigenvalue weighted by Gasteiger charge is 2.01. The van der Waals surface area contributed by atoms with E-state index in [1.807, 2.05) is 0 Å². The Bertz CT molecular complexity index is 475. The second-order valence-corrected chi connectivity index (χ2v) is 5.42. The van der Waals surface area contributed by atoms with E-state index in [-0.39, 0.29) is 0 Å². The number of hydrogen-bond donors (Lipinski definition) is 4. The summed E-state index contributed by atoms with van der Waals surface area (Å²) in [6, 6.07) is 6.11. The van der Waals surface area contributed by atoms with E-state index in [0.717, 1.165) is 0 Å². The van der Waals surface area contributed by atoms with Crippen molar-refractivity contribution in [3.05, 3.63) is 44.4 Å². The van der Waals surface area contributed by atoms with Crippen LogP contribution in [0.5, 0.6) is 0 Å². The minimum Gasteiger partial charge on any atom is -0.397 e. The molecule has 0 aliphatic rings. The molecule has 2 aromatic rings. The zero-order chi connectivity index (χ0) is 15.4. The van der Waals surface area contributed by atoms with Gasteiger partial charge in [0.15, 0.2) is 0 Å². The van der Waals surface area contributed by atoms with Crippen molar-refractivity contribution in [3.8, 4) is 0 Å². The highest BCUT2D eigenvalue weighted by Crippen LogP contribution is 2.28. The lowest BCUT2D eigenvalue weighted by molar-refractivity contribution is 1.66. The van der Waals surface area contributed by atoms with E-state index in [1.54, 1.807) is 0 Å². The molecule has 0 atom stereocenters. The van der Waals surface area contributed by atoms with Gasteiger partial charge in [-0.3, -0.25) is 0 Å². The molecule has 0 aliphatic carbocycles. The molecule has 0 aromatic heterocycles. The smallest absolute Gasteiger partial charge is 0.0656 e. The zero-order valence-electron chi connectivity index (χ0n) is 10.1. The molecule has 0 bridgehead atoms. The normalized spacial score (nSPS) is 9.80. The summed E-state index contributed by atoms with van der Waals surface area (Å²) >= 11 is 22.5. The number of nitrogen functional groups attached to an aromatic ring is 4. The molecule has 4 nitrogen and oxygen atoms in total. The Kier molecular flexibility index (Phi) is 5.89. The maximum atomic E-state index is 5.62. The summed E-state index contributed by atoms with van der Waals surface area (Å²) in [5.74, 6) is 0. The van der Waals surface area contributed by atoms with Gasteiger partial charge in [-0.2, -0.15) is 0 Å². The molecule has 2 rings (SSSR count). The van der Waals surface area contributed by atoms with Crippen molar-refractivity contribution in [1.29, 1.82) is 0 Å². The lowest BCUT2D eigenvalue weighted by Gasteiger charge is -2.00. The van der Waals surface area contributed by atoms with Crippen molar-refractivity contribution >= 4 is 69.2 Å². The third-order valence-corrected chi connectivity index (χ3v) is 3.54. The van der Waals surface area contributed by atoms with Gasteiger partial charge in [-0.1, -0.05) is 46.4 Å². The van der Waals surface area contributed by atoms with Gasteiger partial charge in [0.25, 0.3) is 0 Å². The standard InChI is InChI=1S/2C6H6Cl2N2/c2*7-3-1-5(9)4(8)2-6(3)10/h2*1-2H,9-10H2. The van der Waals surface area contributed by atoms with Crippen molar-refractivity contribution in [2.24, 2.45) is 0 Å². The number of benzene rings is 2. The van der Waals surface area contributed by atoms with Crippen LogP contribution < -0.4 is 22.9 Å². The molecule has 0 unspecified atom stereocenters. The lowest BCUT2D eigenvalue weighted by Crippen LogP contribution is -1.90. The van der Waals surface area contributed by atoms with E-state index in [4.69, 9.17) is 69.3 Å². The van der Waals surface area contributed by atoms with Crippen LogP contribution in [0.2, 0.25) is 20.1 Å². The van der Waals surface area contributed by atoms with Gasteiger partial charge in [0.05, 0.1) is 42.8 Å². The van der Waals surface area contributed by atoms with Crippen LogP contribution in [0.3, 0.4) is 0 Å². The van der Waals surface area contributed by atoms with Crippen molar-refractivity contribution in [2.45, 2.75) is 0 Å². The van der Waals surface area contributed by atoms with E-state index in [0.29, 0.717) is 42.8 Å². The molecular formula is C12H12Cl4N4. The van der Waals surface area contributed by atoms with Gasteiger partial charge in [-0.05, 0) is 24.3 Å². The number of nitrogens with two attached hydrogens (primary N) is 4. The second-order valence-electron chi connectivity index (χ2n) is 3.79. The van der Waals surface area contributed by atoms with Crippen LogP contribution in [0.25, 0.3) is 0 Å². The average Bonchev–Trinajstić information content (AvgIpc) is 2.35. The van der Waals surface area contributed by atoms with Crippen molar-refractivity contribution in [3.63, 3.8) is 0 Å². The van der Waals surface area contributed by atoms with E-state index in [9.17, 15) is 0 Å². The fraction of sp³-hybridized carbons (Fsp3) is 0. The Balaban J connectivity index is 0.000000200. The molecule has 0 fully saturated rings. The van der Waals surface area contributed by atoms with E-state index in [2.05, 4.69) is 0 Å². The predicted octanol–water partition coefficient (Wildman–Crippen LogP) is 4.32. The van der Waals surface area contributed by atoms with Crippen LogP contribution in [0.1, 0.15) is 0 Å². The van der Waals surface area contributed by atoms with Gasteiger partial charge in [0.1, 0.15) is 0 Å². The van der Waals surface area contributed by atoms with Crippen molar-refractivity contribution in [1.82, 2.24) is 0 Å². The van der Waals surface area contributed by atoms with Gasteiger partial charge in [0, 0.05) is 0 Å². The van der Waals surface area contributed by atoms with E-state index >= 15 is 0 Å². The van der Waals surface area contributed by atoms with Crippen LogP contribution in [0, 0.1) is 0 Å². The Labute approximate surface area is 136 Å². The van der Waals surface area contributed by atoms with Crippen molar-refractivity contribution < 1.29 is 0 Å². The third kappa shape index (κ3) is 4.42. The van der Waals surface area contributed by atoms with Gasteiger partial charge < -0.3 is 22.9 Å². The fourth-order valence-corrected chi connectivity index (χ4v) is 1.84. The number of rotatable bonds is 0. The SMILES string of the molecule is Nc1cc(Cl)c(N)cc1Cl.Nc1cc(Cl)c(N)cc1Cl. The van der Waals surface area contributed by atoms with Gasteiger partial charge in [-0.15, -0.1) is 0 Å². The first kappa shape index (κ1) is 16.9. The van der Waals surface area contributed by atoms with Crippen LogP contribution in [-0.4, -0.2) is 0 Å². The molecule has 0 aliphatic heterocycles. The molecule has 108 valence electrons. The molecule has 0 radical (unpaired) electrons. The van der Waals surface area contributed by atoms with Crippen LogP contribution in [-0.2, 0) is 0 Å². The molecule has 8 N–H and O–H groups in total. The summed E-state index contributed by atoms with van der Waals surface area (Å²) in [5, 5.41) is 1.73. The molecule has 8 heteroatoms. The minimum atomic E-state index is 0.432. The quantitative estimate of drug-likeness (QED) is 0.529. The lowest BCUT2D eigenvalue weighted by atomic mass is 10.3. The van der Waals surface area contributed by atoms with E-state index in [1.165, 1.54) is 24.3 Å². The number of halogens is 4. The van der Waals surface area contributed by atoms with Gasteiger partial charge >= 0.3 is 0 Å². The largest absolute Gasteiger partial charge is 0.397 e.